The van der Waals surface area contributed by atoms with Gasteiger partial charge >= 0.3 is 0 Å². The number of fused-ring (bicyclic) bond motifs is 1. The van der Waals surface area contributed by atoms with Crippen molar-refractivity contribution in [2.24, 2.45) is 0 Å². The maximum Gasteiger partial charge on any atom is 0.263 e. The van der Waals surface area contributed by atoms with Crippen molar-refractivity contribution in [2.75, 3.05) is 13.1 Å². The van der Waals surface area contributed by atoms with Crippen LogP contribution in [0, 0.1) is 0 Å². The van der Waals surface area contributed by atoms with Crippen LogP contribution < -0.4 is 0 Å². The Hall–Kier alpha value is -1.92. The van der Waals surface area contributed by atoms with E-state index < -0.39 is 0 Å². The highest BCUT2D eigenvalue weighted by molar-refractivity contribution is 7.17. The molecule has 0 aliphatic carbocycles. The lowest BCUT2D eigenvalue weighted by atomic mass is 10.1. The van der Waals surface area contributed by atoms with Gasteiger partial charge in [0.1, 0.15) is 11.3 Å². The van der Waals surface area contributed by atoms with Gasteiger partial charge in [0.05, 0.1) is 9.21 Å². The molecule has 4 heterocycles. The van der Waals surface area contributed by atoms with Crippen molar-refractivity contribution in [3.63, 3.8) is 0 Å². The van der Waals surface area contributed by atoms with Crippen LogP contribution in [0.15, 0.2) is 30.5 Å². The molecule has 0 N–H and O–H groups in total. The van der Waals surface area contributed by atoms with Gasteiger partial charge in [-0.05, 0) is 37.1 Å². The third-order valence-electron chi connectivity index (χ3n) is 4.61. The molecule has 5 nitrogen and oxygen atoms in total. The summed E-state index contributed by atoms with van der Waals surface area (Å²) in [5, 5.41) is 0. The molecule has 1 amide bonds. The fourth-order valence-electron chi connectivity index (χ4n) is 3.47. The second-order valence-electron chi connectivity index (χ2n) is 6.31. The predicted molar refractivity (Wildman–Crippen MR) is 100 cm³/mol. The Labute approximate surface area is 155 Å². The van der Waals surface area contributed by atoms with E-state index in [4.69, 9.17) is 16.6 Å². The van der Waals surface area contributed by atoms with Gasteiger partial charge in [0.2, 0.25) is 0 Å². The molecule has 3 aromatic heterocycles. The van der Waals surface area contributed by atoms with Gasteiger partial charge in [-0.3, -0.25) is 4.79 Å². The van der Waals surface area contributed by atoms with Gasteiger partial charge in [-0.15, -0.1) is 11.3 Å². The Bertz CT molecular complexity index is 919. The SMILES string of the molecule is CCCn1c([C@@H]2CCN(C(=O)c3ccc(Cl)s3)C2)nc2cccnc21. The Kier molecular flexibility index (Phi) is 4.48. The molecule has 25 heavy (non-hydrogen) atoms. The highest BCUT2D eigenvalue weighted by atomic mass is 35.5. The van der Waals surface area contributed by atoms with Crippen LogP contribution in [0.25, 0.3) is 11.2 Å². The first-order valence-corrected chi connectivity index (χ1v) is 9.72. The van der Waals surface area contributed by atoms with Gasteiger partial charge in [0.25, 0.3) is 5.91 Å². The minimum atomic E-state index is 0.0654. The molecule has 1 fully saturated rings. The number of hydrogen-bond donors (Lipinski definition) is 0. The zero-order valence-electron chi connectivity index (χ0n) is 14.0. The summed E-state index contributed by atoms with van der Waals surface area (Å²) < 4.78 is 2.87. The summed E-state index contributed by atoms with van der Waals surface area (Å²) in [5.74, 6) is 1.37. The lowest BCUT2D eigenvalue weighted by Gasteiger charge is -2.16. The molecule has 4 rings (SSSR count). The number of aromatic nitrogens is 3. The van der Waals surface area contributed by atoms with Crippen molar-refractivity contribution in [2.45, 2.75) is 32.2 Å². The predicted octanol–water partition coefficient (Wildman–Crippen LogP) is 4.19. The Morgan fingerprint density at radius 3 is 3.04 bits per heavy atom. The Balaban J connectivity index is 1.60. The van der Waals surface area contributed by atoms with Crippen LogP contribution in [0.4, 0.5) is 0 Å². The Morgan fingerprint density at radius 2 is 2.28 bits per heavy atom. The maximum absolute atomic E-state index is 12.7. The van der Waals surface area contributed by atoms with E-state index >= 15 is 0 Å². The number of nitrogens with zero attached hydrogens (tertiary/aromatic N) is 4. The molecule has 1 saturated heterocycles. The molecule has 0 radical (unpaired) electrons. The van der Waals surface area contributed by atoms with E-state index in [1.54, 1.807) is 12.1 Å². The highest BCUT2D eigenvalue weighted by Gasteiger charge is 2.32. The lowest BCUT2D eigenvalue weighted by Crippen LogP contribution is -2.28. The molecule has 0 unspecified atom stereocenters. The fourth-order valence-corrected chi connectivity index (χ4v) is 4.48. The summed E-state index contributed by atoms with van der Waals surface area (Å²) in [6.07, 6.45) is 3.76. The van der Waals surface area contributed by atoms with Crippen LogP contribution in [-0.4, -0.2) is 38.4 Å². The number of hydrogen-bond acceptors (Lipinski definition) is 4. The fraction of sp³-hybridized carbons (Fsp3) is 0.389. The zero-order chi connectivity index (χ0) is 17.4. The zero-order valence-corrected chi connectivity index (χ0v) is 15.6. The third-order valence-corrected chi connectivity index (χ3v) is 5.82. The van der Waals surface area contributed by atoms with Crippen molar-refractivity contribution in [3.8, 4) is 0 Å². The molecular weight excluding hydrogens is 356 g/mol. The largest absolute Gasteiger partial charge is 0.337 e. The summed E-state index contributed by atoms with van der Waals surface area (Å²) in [4.78, 5) is 24.6. The van der Waals surface area contributed by atoms with Crippen LogP contribution in [0.2, 0.25) is 4.34 Å². The van der Waals surface area contributed by atoms with Crippen LogP contribution in [0.5, 0.6) is 0 Å². The Morgan fingerprint density at radius 1 is 1.40 bits per heavy atom. The van der Waals surface area contributed by atoms with Gasteiger partial charge in [0.15, 0.2) is 5.65 Å². The van der Waals surface area contributed by atoms with Crippen molar-refractivity contribution in [1.29, 1.82) is 0 Å². The molecule has 0 spiro atoms. The number of amides is 1. The van der Waals surface area contributed by atoms with Gasteiger partial charge < -0.3 is 9.47 Å². The van der Waals surface area contributed by atoms with Crippen LogP contribution in [0.1, 0.15) is 41.2 Å². The van der Waals surface area contributed by atoms with Crippen molar-refractivity contribution < 1.29 is 4.79 Å². The summed E-state index contributed by atoms with van der Waals surface area (Å²) in [6, 6.07) is 7.50. The number of imidazole rings is 1. The first-order chi connectivity index (χ1) is 12.2. The summed E-state index contributed by atoms with van der Waals surface area (Å²) in [7, 11) is 0. The van der Waals surface area contributed by atoms with E-state index in [2.05, 4.69) is 16.5 Å². The third kappa shape index (κ3) is 3.04. The maximum atomic E-state index is 12.7. The number of carbonyl (C=O) groups is 1. The number of likely N-dealkylation sites (tertiary alicyclic amines) is 1. The van der Waals surface area contributed by atoms with Gasteiger partial charge in [0, 0.05) is 31.7 Å². The second-order valence-corrected chi connectivity index (χ2v) is 8.02. The number of aryl methyl sites for hydroxylation is 1. The minimum Gasteiger partial charge on any atom is -0.337 e. The molecular formula is C18H19ClN4OS. The first-order valence-electron chi connectivity index (χ1n) is 8.53. The second kappa shape index (κ2) is 6.77. The quantitative estimate of drug-likeness (QED) is 0.688. The molecule has 3 aromatic rings. The van der Waals surface area contributed by atoms with Crippen molar-refractivity contribution in [1.82, 2.24) is 19.4 Å². The minimum absolute atomic E-state index is 0.0654. The van der Waals surface area contributed by atoms with E-state index in [9.17, 15) is 4.79 Å². The normalized spacial score (nSPS) is 17.5. The molecule has 1 atom stereocenters. The average Bonchev–Trinajstić information content (AvgIpc) is 3.33. The molecule has 0 bridgehead atoms. The van der Waals surface area contributed by atoms with Gasteiger partial charge in [-0.1, -0.05) is 18.5 Å². The van der Waals surface area contributed by atoms with E-state index in [-0.39, 0.29) is 11.8 Å². The summed E-state index contributed by atoms with van der Waals surface area (Å²) in [6.45, 7) is 4.50. The van der Waals surface area contributed by atoms with E-state index in [1.165, 1.54) is 11.3 Å². The standard InChI is InChI=1S/C18H19ClN4OS/c1-2-9-23-16(21-13-4-3-8-20-17(13)23)12-7-10-22(11-12)18(24)14-5-6-15(19)25-14/h3-6,8,12H,2,7,9-11H2,1H3/t12-/m1/s1. The molecule has 0 aromatic carbocycles. The number of carbonyl (C=O) groups excluding carboxylic acids is 1. The molecule has 130 valence electrons. The van der Waals surface area contributed by atoms with Crippen LogP contribution in [-0.2, 0) is 6.54 Å². The molecule has 1 aliphatic heterocycles. The lowest BCUT2D eigenvalue weighted by molar-refractivity contribution is 0.0795. The average molecular weight is 375 g/mol. The van der Waals surface area contributed by atoms with Gasteiger partial charge in [-0.25, -0.2) is 9.97 Å². The summed E-state index contributed by atoms with van der Waals surface area (Å²) >= 11 is 7.30. The molecule has 1 aliphatic rings. The number of rotatable bonds is 4. The van der Waals surface area contributed by atoms with E-state index in [0.29, 0.717) is 15.8 Å². The molecule has 0 saturated carbocycles. The topological polar surface area (TPSA) is 51.0 Å². The number of pyridine rings is 1. The number of thiophene rings is 1. The van der Waals surface area contributed by atoms with Gasteiger partial charge in [-0.2, -0.15) is 0 Å². The van der Waals surface area contributed by atoms with E-state index in [0.717, 1.165) is 42.9 Å². The van der Waals surface area contributed by atoms with Crippen LogP contribution in [0.3, 0.4) is 0 Å². The first kappa shape index (κ1) is 16.5. The molecule has 7 heteroatoms. The van der Waals surface area contributed by atoms with Crippen LogP contribution >= 0.6 is 22.9 Å². The van der Waals surface area contributed by atoms with E-state index in [1.807, 2.05) is 23.2 Å². The van der Waals surface area contributed by atoms with Crippen molar-refractivity contribution in [3.05, 3.63) is 45.5 Å². The number of halogens is 1. The summed E-state index contributed by atoms with van der Waals surface area (Å²) in [5.41, 5.74) is 1.87. The smallest absolute Gasteiger partial charge is 0.263 e. The highest BCUT2D eigenvalue weighted by Crippen LogP contribution is 2.31. The van der Waals surface area contributed by atoms with Crippen molar-refractivity contribution >= 4 is 40.0 Å². The monoisotopic (exact) mass is 374 g/mol.